The van der Waals surface area contributed by atoms with Crippen molar-refractivity contribution >= 4 is 33.5 Å². The highest BCUT2D eigenvalue weighted by molar-refractivity contribution is 7.89. The van der Waals surface area contributed by atoms with Crippen LogP contribution >= 0.6 is 11.6 Å². The summed E-state index contributed by atoms with van der Waals surface area (Å²) in [5.74, 6) is -0.577. The van der Waals surface area contributed by atoms with Gasteiger partial charge in [0.25, 0.3) is 5.60 Å². The van der Waals surface area contributed by atoms with Crippen molar-refractivity contribution in [3.05, 3.63) is 41.4 Å². The minimum absolute atomic E-state index is 0.0610. The first kappa shape index (κ1) is 32.1. The fourth-order valence-electron chi connectivity index (χ4n) is 4.79. The Hall–Kier alpha value is -2.80. The zero-order valence-corrected chi connectivity index (χ0v) is 23.7. The van der Waals surface area contributed by atoms with E-state index in [0.29, 0.717) is 13.1 Å². The molecule has 1 atom stereocenters. The van der Waals surface area contributed by atoms with E-state index in [1.54, 1.807) is 18.7 Å². The second-order valence-electron chi connectivity index (χ2n) is 10.3. The maximum atomic E-state index is 13.4. The Morgan fingerprint density at radius 2 is 1.64 bits per heavy atom. The van der Waals surface area contributed by atoms with Crippen LogP contribution in [0.3, 0.4) is 0 Å². The summed E-state index contributed by atoms with van der Waals surface area (Å²) >= 11 is 5.78. The Morgan fingerprint density at radius 1 is 1.02 bits per heavy atom. The molecule has 0 bridgehead atoms. The van der Waals surface area contributed by atoms with Crippen LogP contribution in [-0.4, -0.2) is 107 Å². The molecule has 1 amide bonds. The van der Waals surface area contributed by atoms with E-state index in [-0.39, 0.29) is 60.5 Å². The van der Waals surface area contributed by atoms with E-state index in [0.717, 1.165) is 10.5 Å². The van der Waals surface area contributed by atoms with E-state index < -0.39 is 45.1 Å². The molecule has 1 unspecified atom stereocenters. The van der Waals surface area contributed by atoms with E-state index in [2.05, 4.69) is 20.3 Å². The lowest BCUT2D eigenvalue weighted by atomic mass is 9.95. The predicted octanol–water partition coefficient (Wildman–Crippen LogP) is 1.93. The molecular weight excluding hydrogens is 620 g/mol. The van der Waals surface area contributed by atoms with Gasteiger partial charge in [-0.05, 0) is 26.0 Å². The number of nitrogens with zero attached hydrogens (tertiary/aromatic N) is 6. The van der Waals surface area contributed by atoms with E-state index in [4.69, 9.17) is 11.6 Å². The molecule has 232 valence electrons. The molecule has 4 rings (SSSR count). The van der Waals surface area contributed by atoms with Gasteiger partial charge in [0.05, 0.1) is 11.6 Å². The third-order valence-corrected chi connectivity index (χ3v) is 9.43. The Kier molecular flexibility index (Phi) is 8.44. The Morgan fingerprint density at radius 3 is 2.19 bits per heavy atom. The first-order valence-corrected chi connectivity index (χ1v) is 14.2. The quantitative estimate of drug-likeness (QED) is 0.357. The van der Waals surface area contributed by atoms with E-state index in [1.807, 2.05) is 0 Å². The molecule has 2 N–H and O–H groups in total. The molecule has 2 aromatic heterocycles. The third-order valence-electron chi connectivity index (χ3n) is 7.36. The summed E-state index contributed by atoms with van der Waals surface area (Å²) in [6, 6.07) is 1.78. The number of halogens is 7. The molecule has 19 heteroatoms. The second kappa shape index (κ2) is 11.0. The highest BCUT2D eigenvalue weighted by Crippen LogP contribution is 2.49. The van der Waals surface area contributed by atoms with Gasteiger partial charge in [-0.15, -0.1) is 0 Å². The van der Waals surface area contributed by atoms with Gasteiger partial charge in [-0.3, -0.25) is 9.69 Å². The average Bonchev–Trinajstić information content (AvgIpc) is 2.90. The molecule has 42 heavy (non-hydrogen) atoms. The number of carbonyl (C=O) groups excluding carboxylic acids is 1. The number of pyridine rings is 1. The van der Waals surface area contributed by atoms with Gasteiger partial charge < -0.3 is 15.3 Å². The molecule has 2 aromatic rings. The topological polar surface area (TPSA) is 132 Å². The number of alkyl halides is 6. The van der Waals surface area contributed by atoms with E-state index >= 15 is 0 Å². The van der Waals surface area contributed by atoms with Gasteiger partial charge in [0, 0.05) is 63.4 Å². The number of rotatable bonds is 6. The molecule has 2 saturated heterocycles. The number of hydrogen-bond acceptors (Lipinski definition) is 9. The molecule has 0 spiro atoms. The standard InChI is InChI=1S/C23H26ClF6N7O4S/c1-20(2)18(38)31-5-6-35(20)12-15-13-36(42(40,41)16-3-4-17(24)32-11-16)7-8-37(15)19-33-9-14(10-34-19)21(39,22(25,26)27)23(28,29)30/h3-4,9-11,15,39H,5-8,12-13H2,1-2H3,(H,31,38). The maximum absolute atomic E-state index is 13.4. The fraction of sp³-hybridized carbons (Fsp3) is 0.565. The average molecular weight is 646 g/mol. The lowest BCUT2D eigenvalue weighted by Gasteiger charge is -2.47. The smallest absolute Gasteiger partial charge is 0.369 e. The van der Waals surface area contributed by atoms with Crippen LogP contribution in [0.25, 0.3) is 0 Å². The predicted molar refractivity (Wildman–Crippen MR) is 136 cm³/mol. The van der Waals surface area contributed by atoms with Crippen LogP contribution in [0.15, 0.2) is 35.6 Å². The lowest BCUT2D eigenvalue weighted by Crippen LogP contribution is -2.66. The number of hydrogen-bond donors (Lipinski definition) is 2. The SMILES string of the molecule is CC1(C)C(=O)NCCN1CC1CN(S(=O)(=O)c2ccc(Cl)nc2)CCN1c1ncc(C(O)(C(F)(F)F)C(F)(F)F)cn1. The Balaban J connectivity index is 1.69. The molecule has 0 radical (unpaired) electrons. The fourth-order valence-corrected chi connectivity index (χ4v) is 6.32. The summed E-state index contributed by atoms with van der Waals surface area (Å²) in [5, 5.41) is 12.5. The van der Waals surface area contributed by atoms with Crippen molar-refractivity contribution in [3.63, 3.8) is 0 Å². The van der Waals surface area contributed by atoms with Crippen molar-refractivity contribution in [1.29, 1.82) is 0 Å². The van der Waals surface area contributed by atoms with E-state index in [1.165, 1.54) is 17.0 Å². The molecule has 4 heterocycles. The Bertz CT molecular complexity index is 1390. The van der Waals surface area contributed by atoms with Crippen molar-refractivity contribution in [3.8, 4) is 0 Å². The molecule has 2 fully saturated rings. The summed E-state index contributed by atoms with van der Waals surface area (Å²) in [6.45, 7) is 3.60. The first-order valence-electron chi connectivity index (χ1n) is 12.4. The van der Waals surface area contributed by atoms with Gasteiger partial charge in [0.2, 0.25) is 21.9 Å². The van der Waals surface area contributed by atoms with Crippen LogP contribution in [-0.2, 0) is 20.4 Å². The van der Waals surface area contributed by atoms with Crippen molar-refractivity contribution in [2.45, 2.75) is 48.3 Å². The number of sulfonamides is 1. The van der Waals surface area contributed by atoms with Crippen LogP contribution in [0.2, 0.25) is 5.15 Å². The number of nitrogens with one attached hydrogen (secondary N) is 1. The van der Waals surface area contributed by atoms with Gasteiger partial charge in [0.15, 0.2) is 0 Å². The number of amides is 1. The van der Waals surface area contributed by atoms with Crippen LogP contribution in [0, 0.1) is 0 Å². The maximum Gasteiger partial charge on any atom is 0.430 e. The zero-order valence-electron chi connectivity index (χ0n) is 22.1. The monoisotopic (exact) mass is 645 g/mol. The van der Waals surface area contributed by atoms with Crippen molar-refractivity contribution < 1.29 is 44.7 Å². The molecule has 2 aliphatic rings. The minimum Gasteiger partial charge on any atom is -0.369 e. The van der Waals surface area contributed by atoms with Crippen LogP contribution < -0.4 is 10.2 Å². The summed E-state index contributed by atoms with van der Waals surface area (Å²) in [7, 11) is -4.09. The normalized spacial score (nSPS) is 21.3. The highest BCUT2D eigenvalue weighted by Gasteiger charge is 2.71. The van der Waals surface area contributed by atoms with Gasteiger partial charge in [-0.25, -0.2) is 23.4 Å². The highest BCUT2D eigenvalue weighted by atomic mass is 35.5. The summed E-state index contributed by atoms with van der Waals surface area (Å²) in [6.07, 6.45) is -10.7. The zero-order chi connectivity index (χ0) is 31.3. The molecule has 0 aliphatic carbocycles. The van der Waals surface area contributed by atoms with Gasteiger partial charge in [0.1, 0.15) is 10.0 Å². The summed E-state index contributed by atoms with van der Waals surface area (Å²) < 4.78 is 108. The van der Waals surface area contributed by atoms with Crippen LogP contribution in [0.5, 0.6) is 0 Å². The minimum atomic E-state index is -6.12. The summed E-state index contributed by atoms with van der Waals surface area (Å²) in [4.78, 5) is 26.8. The van der Waals surface area contributed by atoms with Crippen molar-refractivity contribution in [2.75, 3.05) is 44.2 Å². The molecule has 0 saturated carbocycles. The number of anilines is 1. The lowest BCUT2D eigenvalue weighted by molar-refractivity contribution is -0.376. The second-order valence-corrected chi connectivity index (χ2v) is 12.6. The van der Waals surface area contributed by atoms with Crippen molar-refractivity contribution in [1.82, 2.24) is 29.5 Å². The first-order chi connectivity index (χ1) is 19.3. The van der Waals surface area contributed by atoms with Gasteiger partial charge in [-0.2, -0.15) is 30.6 Å². The number of aliphatic hydroxyl groups is 1. The number of aromatic nitrogens is 3. The van der Waals surface area contributed by atoms with Crippen LogP contribution in [0.4, 0.5) is 32.3 Å². The van der Waals surface area contributed by atoms with Gasteiger partial charge in [-0.1, -0.05) is 11.6 Å². The molecular formula is C23H26ClF6N7O4S. The number of piperazine rings is 2. The largest absolute Gasteiger partial charge is 0.430 e. The molecule has 2 aliphatic heterocycles. The van der Waals surface area contributed by atoms with Crippen molar-refractivity contribution in [2.24, 2.45) is 0 Å². The van der Waals surface area contributed by atoms with Crippen LogP contribution in [0.1, 0.15) is 19.4 Å². The summed E-state index contributed by atoms with van der Waals surface area (Å²) in [5.41, 5.74) is -7.86. The molecule has 0 aromatic carbocycles. The van der Waals surface area contributed by atoms with Gasteiger partial charge >= 0.3 is 12.4 Å². The Labute approximate surface area is 241 Å². The van der Waals surface area contributed by atoms with E-state index in [9.17, 15) is 44.7 Å². The molecule has 11 nitrogen and oxygen atoms in total. The third kappa shape index (κ3) is 5.73. The number of carbonyl (C=O) groups is 1.